The Bertz CT molecular complexity index is 390. The molecule has 4 N–H and O–H groups in total. The Balaban J connectivity index is 2.06. The smallest absolute Gasteiger partial charge is 0.136 e. The van der Waals surface area contributed by atoms with Crippen molar-refractivity contribution in [1.29, 1.82) is 0 Å². The Labute approximate surface area is 107 Å². The molecule has 0 spiro atoms. The van der Waals surface area contributed by atoms with E-state index in [1.807, 2.05) is 0 Å². The maximum Gasteiger partial charge on any atom is 0.136 e. The van der Waals surface area contributed by atoms with Crippen molar-refractivity contribution < 1.29 is 9.84 Å². The van der Waals surface area contributed by atoms with E-state index in [1.165, 1.54) is 0 Å². The highest BCUT2D eigenvalue weighted by Gasteiger charge is 2.27. The molecule has 1 saturated carbocycles. The van der Waals surface area contributed by atoms with E-state index in [4.69, 9.17) is 15.6 Å². The number of anilines is 2. The monoisotopic (exact) mass is 252 g/mol. The summed E-state index contributed by atoms with van der Waals surface area (Å²) < 4.78 is 5.10. The second kappa shape index (κ2) is 5.97. The Morgan fingerprint density at radius 3 is 2.94 bits per heavy atom. The summed E-state index contributed by atoms with van der Waals surface area (Å²) in [7, 11) is 1.63. The van der Waals surface area contributed by atoms with Gasteiger partial charge in [0, 0.05) is 25.7 Å². The molecule has 1 aromatic rings. The number of nitrogens with zero attached hydrogens (tertiary/aromatic N) is 2. The van der Waals surface area contributed by atoms with E-state index in [9.17, 15) is 0 Å². The minimum Gasteiger partial charge on any atom is -0.396 e. The lowest BCUT2D eigenvalue weighted by molar-refractivity contribution is 0.170. The third-order valence-electron chi connectivity index (χ3n) is 2.90. The van der Waals surface area contributed by atoms with Crippen molar-refractivity contribution in [3.63, 3.8) is 0 Å². The predicted octanol–water partition coefficient (Wildman–Crippen LogP) is 0.745. The van der Waals surface area contributed by atoms with Gasteiger partial charge in [-0.05, 0) is 19.3 Å². The van der Waals surface area contributed by atoms with Crippen LogP contribution in [0.4, 0.5) is 11.6 Å². The van der Waals surface area contributed by atoms with Gasteiger partial charge in [0.05, 0.1) is 12.6 Å². The fourth-order valence-corrected chi connectivity index (χ4v) is 1.85. The average Bonchev–Trinajstić information content (AvgIpc) is 3.12. The third kappa shape index (κ3) is 3.54. The molecule has 0 amide bonds. The van der Waals surface area contributed by atoms with Crippen molar-refractivity contribution in [2.24, 2.45) is 0 Å². The number of methoxy groups -OCH3 is 1. The van der Waals surface area contributed by atoms with Gasteiger partial charge in [0.2, 0.25) is 0 Å². The van der Waals surface area contributed by atoms with Gasteiger partial charge in [0.25, 0.3) is 0 Å². The quantitative estimate of drug-likeness (QED) is 0.663. The molecule has 1 unspecified atom stereocenters. The average molecular weight is 252 g/mol. The minimum atomic E-state index is 0.0290. The van der Waals surface area contributed by atoms with Gasteiger partial charge in [0.15, 0.2) is 0 Å². The molecule has 0 bridgehead atoms. The van der Waals surface area contributed by atoms with Crippen LogP contribution in [0.1, 0.15) is 31.0 Å². The first kappa shape index (κ1) is 13.0. The van der Waals surface area contributed by atoms with E-state index < -0.39 is 0 Å². The molecule has 0 radical (unpaired) electrons. The first-order chi connectivity index (χ1) is 8.72. The molecule has 6 heteroatoms. The van der Waals surface area contributed by atoms with E-state index in [1.54, 1.807) is 13.2 Å². The van der Waals surface area contributed by atoms with Crippen molar-refractivity contribution in [1.82, 2.24) is 9.97 Å². The van der Waals surface area contributed by atoms with Crippen LogP contribution in [-0.2, 0) is 4.74 Å². The van der Waals surface area contributed by atoms with E-state index in [0.29, 0.717) is 30.6 Å². The molecule has 0 aromatic carbocycles. The molecule has 0 aliphatic heterocycles. The molecule has 1 aliphatic carbocycles. The number of nitrogens with one attached hydrogen (secondary N) is 1. The molecule has 1 aliphatic rings. The second-order valence-electron chi connectivity index (χ2n) is 4.62. The molecule has 6 nitrogen and oxygen atoms in total. The number of hydrogen-bond donors (Lipinski definition) is 3. The van der Waals surface area contributed by atoms with Crippen molar-refractivity contribution in [2.75, 3.05) is 31.4 Å². The van der Waals surface area contributed by atoms with Crippen LogP contribution in [0.2, 0.25) is 0 Å². The van der Waals surface area contributed by atoms with Crippen LogP contribution in [0, 0.1) is 0 Å². The van der Waals surface area contributed by atoms with Gasteiger partial charge in [-0.2, -0.15) is 0 Å². The lowest BCUT2D eigenvalue weighted by Gasteiger charge is -2.18. The number of rotatable bonds is 7. The molecule has 1 atom stereocenters. The van der Waals surface area contributed by atoms with E-state index >= 15 is 0 Å². The first-order valence-electron chi connectivity index (χ1n) is 6.23. The van der Waals surface area contributed by atoms with Crippen LogP contribution < -0.4 is 11.1 Å². The number of ether oxygens (including phenoxy) is 1. The number of aliphatic hydroxyl groups is 1. The Morgan fingerprint density at radius 1 is 1.56 bits per heavy atom. The zero-order chi connectivity index (χ0) is 13.0. The molecule has 18 heavy (non-hydrogen) atoms. The normalized spacial score (nSPS) is 16.6. The van der Waals surface area contributed by atoms with Crippen LogP contribution in [0.3, 0.4) is 0 Å². The van der Waals surface area contributed by atoms with Crippen LogP contribution in [0.15, 0.2) is 6.07 Å². The van der Waals surface area contributed by atoms with Gasteiger partial charge in [-0.1, -0.05) is 0 Å². The highest BCUT2D eigenvalue weighted by atomic mass is 16.5. The van der Waals surface area contributed by atoms with Crippen LogP contribution in [-0.4, -0.2) is 41.4 Å². The Kier molecular flexibility index (Phi) is 4.33. The van der Waals surface area contributed by atoms with Gasteiger partial charge in [-0.15, -0.1) is 0 Å². The fourth-order valence-electron chi connectivity index (χ4n) is 1.85. The summed E-state index contributed by atoms with van der Waals surface area (Å²) >= 11 is 0. The molecule has 1 aromatic heterocycles. The van der Waals surface area contributed by atoms with Crippen LogP contribution in [0.25, 0.3) is 0 Å². The van der Waals surface area contributed by atoms with Gasteiger partial charge in [-0.3, -0.25) is 0 Å². The van der Waals surface area contributed by atoms with E-state index in [-0.39, 0.29) is 12.6 Å². The topological polar surface area (TPSA) is 93.3 Å². The highest BCUT2D eigenvalue weighted by molar-refractivity contribution is 5.46. The Morgan fingerprint density at radius 2 is 2.33 bits per heavy atom. The zero-order valence-corrected chi connectivity index (χ0v) is 10.6. The van der Waals surface area contributed by atoms with Gasteiger partial charge in [0.1, 0.15) is 17.5 Å². The summed E-state index contributed by atoms with van der Waals surface area (Å²) in [4.78, 5) is 8.70. The SMILES string of the molecule is COCC(CCO)Nc1cc(N)nc(C2CC2)n1. The summed E-state index contributed by atoms with van der Waals surface area (Å²) in [6, 6.07) is 1.74. The number of nitrogens with two attached hydrogens (primary N) is 1. The Hall–Kier alpha value is -1.40. The standard InChI is InChI=1S/C12H20N4O2/c1-18-7-9(4-5-17)14-11-6-10(13)15-12(16-11)8-2-3-8/h6,8-9,17H,2-5,7H2,1H3,(H3,13,14,15,16). The maximum absolute atomic E-state index is 9.00. The molecule has 1 heterocycles. The zero-order valence-electron chi connectivity index (χ0n) is 10.6. The highest BCUT2D eigenvalue weighted by Crippen LogP contribution is 2.38. The molecule has 100 valence electrons. The van der Waals surface area contributed by atoms with Crippen molar-refractivity contribution in [3.05, 3.63) is 11.9 Å². The van der Waals surface area contributed by atoms with Gasteiger partial charge < -0.3 is 20.9 Å². The van der Waals surface area contributed by atoms with Crippen molar-refractivity contribution in [2.45, 2.75) is 31.2 Å². The lowest BCUT2D eigenvalue weighted by atomic mass is 10.2. The third-order valence-corrected chi connectivity index (χ3v) is 2.90. The molecular weight excluding hydrogens is 232 g/mol. The molecule has 0 saturated heterocycles. The molecule has 1 fully saturated rings. The number of nitrogen functional groups attached to an aromatic ring is 1. The lowest BCUT2D eigenvalue weighted by Crippen LogP contribution is -2.27. The first-order valence-corrected chi connectivity index (χ1v) is 6.23. The summed E-state index contributed by atoms with van der Waals surface area (Å²) in [6.45, 7) is 0.625. The van der Waals surface area contributed by atoms with Gasteiger partial charge >= 0.3 is 0 Å². The number of aromatic nitrogens is 2. The maximum atomic E-state index is 9.00. The van der Waals surface area contributed by atoms with Crippen LogP contribution in [0.5, 0.6) is 0 Å². The largest absolute Gasteiger partial charge is 0.396 e. The van der Waals surface area contributed by atoms with Crippen molar-refractivity contribution in [3.8, 4) is 0 Å². The van der Waals surface area contributed by atoms with Crippen molar-refractivity contribution >= 4 is 11.6 Å². The fraction of sp³-hybridized carbons (Fsp3) is 0.667. The molecular formula is C12H20N4O2. The molecule has 2 rings (SSSR count). The summed E-state index contributed by atoms with van der Waals surface area (Å²) in [5, 5.41) is 12.2. The second-order valence-corrected chi connectivity index (χ2v) is 4.62. The summed E-state index contributed by atoms with van der Waals surface area (Å²) in [6.07, 6.45) is 2.89. The minimum absolute atomic E-state index is 0.0290. The number of aliphatic hydroxyl groups excluding tert-OH is 1. The predicted molar refractivity (Wildman–Crippen MR) is 69.4 cm³/mol. The van der Waals surface area contributed by atoms with E-state index in [0.717, 1.165) is 18.7 Å². The number of hydrogen-bond acceptors (Lipinski definition) is 6. The van der Waals surface area contributed by atoms with Crippen LogP contribution >= 0.6 is 0 Å². The van der Waals surface area contributed by atoms with Gasteiger partial charge in [-0.25, -0.2) is 9.97 Å². The van der Waals surface area contributed by atoms with E-state index in [2.05, 4.69) is 15.3 Å². The summed E-state index contributed by atoms with van der Waals surface area (Å²) in [5.74, 6) is 2.47. The summed E-state index contributed by atoms with van der Waals surface area (Å²) in [5.41, 5.74) is 5.78.